The maximum atomic E-state index is 10.5. The molecule has 1 N–H and O–H groups in total. The van der Waals surface area contributed by atoms with E-state index in [1.165, 1.54) is 0 Å². The van der Waals surface area contributed by atoms with Crippen LogP contribution in [0.15, 0.2) is 30.8 Å². The van der Waals surface area contributed by atoms with Gasteiger partial charge >= 0.3 is 0 Å². The summed E-state index contributed by atoms with van der Waals surface area (Å²) in [7, 11) is -3.89. The van der Waals surface area contributed by atoms with E-state index in [1.54, 1.807) is 12.1 Å². The number of hydrogen-bond acceptors (Lipinski definition) is 3. The lowest BCUT2D eigenvalue weighted by Gasteiger charge is -2.06. The van der Waals surface area contributed by atoms with E-state index in [0.29, 0.717) is 5.75 Å². The van der Waals surface area contributed by atoms with E-state index in [0.717, 1.165) is 11.1 Å². The molecule has 0 heterocycles. The Bertz CT molecular complexity index is 474. The van der Waals surface area contributed by atoms with Crippen molar-refractivity contribution in [2.24, 2.45) is 0 Å². The predicted molar refractivity (Wildman–Crippen MR) is 67.7 cm³/mol. The lowest BCUT2D eigenvalue weighted by atomic mass is 10.1. The molecule has 0 amide bonds. The van der Waals surface area contributed by atoms with Gasteiger partial charge in [-0.1, -0.05) is 24.3 Å². The van der Waals surface area contributed by atoms with Gasteiger partial charge in [-0.3, -0.25) is 4.55 Å². The predicted octanol–water partition coefficient (Wildman–Crippen LogP) is 2.38. The van der Waals surface area contributed by atoms with Gasteiger partial charge in [-0.05, 0) is 31.0 Å². The van der Waals surface area contributed by atoms with E-state index >= 15 is 0 Å². The fraction of sp³-hybridized carbons (Fsp3) is 0.333. The lowest BCUT2D eigenvalue weighted by molar-refractivity contribution is 0.316. The summed E-state index contributed by atoms with van der Waals surface area (Å²) in [6.07, 6.45) is 0.265. The molecule has 94 valence electrons. The number of benzene rings is 1. The number of ether oxygens (including phenoxy) is 1. The van der Waals surface area contributed by atoms with Crippen LogP contribution in [-0.4, -0.2) is 25.3 Å². The van der Waals surface area contributed by atoms with Crippen molar-refractivity contribution in [2.75, 3.05) is 12.4 Å². The Morgan fingerprint density at radius 3 is 2.41 bits per heavy atom. The minimum absolute atomic E-state index is 0.256. The summed E-state index contributed by atoms with van der Waals surface area (Å²) in [6.45, 7) is 6.00. The molecule has 1 aromatic rings. The number of hydrogen-bond donors (Lipinski definition) is 1. The van der Waals surface area contributed by atoms with E-state index in [2.05, 4.69) is 6.58 Å². The zero-order chi connectivity index (χ0) is 12.9. The van der Waals surface area contributed by atoms with Crippen LogP contribution in [0.1, 0.15) is 18.9 Å². The monoisotopic (exact) mass is 256 g/mol. The Morgan fingerprint density at radius 1 is 1.35 bits per heavy atom. The van der Waals surface area contributed by atoms with Crippen LogP contribution in [0.5, 0.6) is 5.75 Å². The highest BCUT2D eigenvalue weighted by Gasteiger charge is 2.03. The molecule has 5 heteroatoms. The molecule has 0 unspecified atom stereocenters. The summed E-state index contributed by atoms with van der Waals surface area (Å²) in [6, 6.07) is 7.38. The summed E-state index contributed by atoms with van der Waals surface area (Å²) in [5.41, 5.74) is 2.01. The van der Waals surface area contributed by atoms with E-state index in [1.807, 2.05) is 19.1 Å². The Labute approximate surface area is 102 Å². The molecule has 0 aliphatic rings. The third-order valence-corrected chi connectivity index (χ3v) is 2.97. The first kappa shape index (κ1) is 13.7. The molecule has 17 heavy (non-hydrogen) atoms. The minimum Gasteiger partial charge on any atom is -0.494 e. The summed E-state index contributed by atoms with van der Waals surface area (Å²) >= 11 is 0. The van der Waals surface area contributed by atoms with Gasteiger partial charge in [0.1, 0.15) is 5.75 Å². The lowest BCUT2D eigenvalue weighted by Crippen LogP contribution is -2.08. The van der Waals surface area contributed by atoms with Crippen LogP contribution >= 0.6 is 0 Å². The summed E-state index contributed by atoms with van der Waals surface area (Å²) in [4.78, 5) is 0. The van der Waals surface area contributed by atoms with Crippen LogP contribution in [0.25, 0.3) is 5.57 Å². The Kier molecular flexibility index (Phi) is 4.72. The number of rotatable bonds is 6. The molecule has 0 atom stereocenters. The largest absolute Gasteiger partial charge is 0.494 e. The van der Waals surface area contributed by atoms with Crippen molar-refractivity contribution in [1.82, 2.24) is 0 Å². The van der Waals surface area contributed by atoms with Gasteiger partial charge in [0.2, 0.25) is 0 Å². The molecule has 0 saturated carbocycles. The van der Waals surface area contributed by atoms with Gasteiger partial charge in [-0.2, -0.15) is 8.42 Å². The Morgan fingerprint density at radius 2 is 1.94 bits per heavy atom. The molecule has 0 radical (unpaired) electrons. The van der Waals surface area contributed by atoms with Gasteiger partial charge in [0, 0.05) is 0 Å². The third kappa shape index (κ3) is 5.51. The highest BCUT2D eigenvalue weighted by atomic mass is 32.2. The molecular formula is C12H16O4S. The van der Waals surface area contributed by atoms with Crippen molar-refractivity contribution in [3.63, 3.8) is 0 Å². The highest BCUT2D eigenvalue weighted by Crippen LogP contribution is 2.17. The molecule has 0 saturated heterocycles. The van der Waals surface area contributed by atoms with E-state index in [4.69, 9.17) is 9.29 Å². The maximum absolute atomic E-state index is 10.5. The standard InChI is InChI=1S/C12H16O4S/c1-10(2)11-4-6-12(7-5-11)16-8-3-9-17(13,14)15/h4-7H,1,3,8-9H2,2H3,(H,13,14,15). The van der Waals surface area contributed by atoms with Crippen molar-refractivity contribution in [1.29, 1.82) is 0 Å². The second-order valence-electron chi connectivity index (χ2n) is 3.79. The normalized spacial score (nSPS) is 11.2. The summed E-state index contributed by atoms with van der Waals surface area (Å²) in [5, 5.41) is 0. The third-order valence-electron chi connectivity index (χ3n) is 2.16. The van der Waals surface area contributed by atoms with Crippen molar-refractivity contribution < 1.29 is 17.7 Å². The smallest absolute Gasteiger partial charge is 0.264 e. The molecule has 0 spiro atoms. The average molecular weight is 256 g/mol. The highest BCUT2D eigenvalue weighted by molar-refractivity contribution is 7.85. The maximum Gasteiger partial charge on any atom is 0.264 e. The second-order valence-corrected chi connectivity index (χ2v) is 5.36. The first-order valence-electron chi connectivity index (χ1n) is 5.22. The Balaban J connectivity index is 2.40. The van der Waals surface area contributed by atoms with Crippen molar-refractivity contribution in [3.8, 4) is 5.75 Å². The van der Waals surface area contributed by atoms with E-state index < -0.39 is 10.1 Å². The molecule has 1 rings (SSSR count). The van der Waals surface area contributed by atoms with Gasteiger partial charge in [-0.15, -0.1) is 0 Å². The van der Waals surface area contributed by atoms with Crippen LogP contribution in [0.3, 0.4) is 0 Å². The first-order valence-corrected chi connectivity index (χ1v) is 6.83. The molecule has 0 fully saturated rings. The molecule has 0 aromatic heterocycles. The van der Waals surface area contributed by atoms with E-state index in [9.17, 15) is 8.42 Å². The fourth-order valence-corrected chi connectivity index (χ4v) is 1.75. The summed E-state index contributed by atoms with van der Waals surface area (Å²) in [5.74, 6) is 0.391. The van der Waals surface area contributed by atoms with Gasteiger partial charge in [-0.25, -0.2) is 0 Å². The fourth-order valence-electron chi connectivity index (χ4n) is 1.27. The molecule has 0 aliphatic heterocycles. The van der Waals surface area contributed by atoms with Crippen molar-refractivity contribution >= 4 is 15.7 Å². The zero-order valence-corrected chi connectivity index (χ0v) is 10.5. The van der Waals surface area contributed by atoms with Crippen LogP contribution in [0, 0.1) is 0 Å². The summed E-state index contributed by atoms with van der Waals surface area (Å²) < 4.78 is 34.8. The van der Waals surface area contributed by atoms with Gasteiger partial charge in [0.15, 0.2) is 0 Å². The van der Waals surface area contributed by atoms with Crippen molar-refractivity contribution in [3.05, 3.63) is 36.4 Å². The topological polar surface area (TPSA) is 63.6 Å². The molecule has 0 bridgehead atoms. The van der Waals surface area contributed by atoms with Gasteiger partial charge in [0.25, 0.3) is 10.1 Å². The first-order chi connectivity index (χ1) is 7.88. The molecular weight excluding hydrogens is 240 g/mol. The second kappa shape index (κ2) is 5.84. The molecule has 0 aliphatic carbocycles. The van der Waals surface area contributed by atoms with Crippen LogP contribution in [-0.2, 0) is 10.1 Å². The van der Waals surface area contributed by atoms with Crippen molar-refractivity contribution in [2.45, 2.75) is 13.3 Å². The number of allylic oxidation sites excluding steroid dienone is 1. The zero-order valence-electron chi connectivity index (χ0n) is 9.72. The quantitative estimate of drug-likeness (QED) is 0.627. The SMILES string of the molecule is C=C(C)c1ccc(OCCCS(=O)(=O)O)cc1. The van der Waals surface area contributed by atoms with Crippen LogP contribution < -0.4 is 4.74 Å². The molecule has 4 nitrogen and oxygen atoms in total. The average Bonchev–Trinajstić information content (AvgIpc) is 2.24. The minimum atomic E-state index is -3.89. The van der Waals surface area contributed by atoms with E-state index in [-0.39, 0.29) is 18.8 Å². The van der Waals surface area contributed by atoms with Gasteiger partial charge < -0.3 is 4.74 Å². The molecule has 1 aromatic carbocycles. The van der Waals surface area contributed by atoms with Gasteiger partial charge in [0.05, 0.1) is 12.4 Å². The van der Waals surface area contributed by atoms with Crippen LogP contribution in [0.2, 0.25) is 0 Å². The van der Waals surface area contributed by atoms with Crippen LogP contribution in [0.4, 0.5) is 0 Å². The Hall–Kier alpha value is -1.33.